The van der Waals surface area contributed by atoms with Crippen molar-refractivity contribution in [1.29, 1.82) is 0 Å². The van der Waals surface area contributed by atoms with Gasteiger partial charge in [0.2, 0.25) is 0 Å². The van der Waals surface area contributed by atoms with Crippen molar-refractivity contribution in [1.82, 2.24) is 5.32 Å². The van der Waals surface area contributed by atoms with E-state index in [9.17, 15) is 0 Å². The van der Waals surface area contributed by atoms with Gasteiger partial charge in [-0.15, -0.1) is 0 Å². The van der Waals surface area contributed by atoms with Gasteiger partial charge in [0.05, 0.1) is 5.60 Å². The topological polar surface area (TPSA) is 21.3 Å². The number of hydrogen-bond donors (Lipinski definition) is 1. The van der Waals surface area contributed by atoms with Gasteiger partial charge in [-0.1, -0.05) is 45.4 Å². The number of likely N-dealkylation sites (N-methyl/N-ethyl adjacent to an activating group) is 1. The molecule has 0 aromatic heterocycles. The summed E-state index contributed by atoms with van der Waals surface area (Å²) in [6.07, 6.45) is 9.38. The van der Waals surface area contributed by atoms with E-state index in [4.69, 9.17) is 4.74 Å². The quantitative estimate of drug-likeness (QED) is 0.576. The summed E-state index contributed by atoms with van der Waals surface area (Å²) in [6.45, 7) is 6.58. The highest BCUT2D eigenvalue weighted by atomic mass is 16.5. The highest BCUT2D eigenvalue weighted by Crippen LogP contribution is 2.19. The molecule has 0 saturated heterocycles. The van der Waals surface area contributed by atoms with Crippen LogP contribution in [0.5, 0.6) is 0 Å². The number of hydrogen-bond acceptors (Lipinski definition) is 2. The standard InChI is InChI=1S/C14H31NO/c1-6-7-8-9-10-11-12-13(15-4)14(2,3)16-5/h13,15H,6-12H2,1-5H3. The van der Waals surface area contributed by atoms with Gasteiger partial charge in [-0.25, -0.2) is 0 Å². The van der Waals surface area contributed by atoms with Crippen LogP contribution in [0.4, 0.5) is 0 Å². The van der Waals surface area contributed by atoms with Gasteiger partial charge in [0, 0.05) is 13.2 Å². The summed E-state index contributed by atoms with van der Waals surface area (Å²) >= 11 is 0. The van der Waals surface area contributed by atoms with Crippen LogP contribution in [0, 0.1) is 0 Å². The van der Waals surface area contributed by atoms with Crippen LogP contribution in [-0.4, -0.2) is 25.8 Å². The van der Waals surface area contributed by atoms with E-state index in [1.54, 1.807) is 7.11 Å². The number of ether oxygens (including phenoxy) is 1. The third-order valence-electron chi connectivity index (χ3n) is 3.56. The zero-order valence-electron chi connectivity index (χ0n) is 11.9. The lowest BCUT2D eigenvalue weighted by Gasteiger charge is -2.33. The Hall–Kier alpha value is -0.0800. The molecule has 0 aliphatic rings. The fraction of sp³-hybridized carbons (Fsp3) is 1.00. The summed E-state index contributed by atoms with van der Waals surface area (Å²) < 4.78 is 5.52. The van der Waals surface area contributed by atoms with Crippen LogP contribution in [0.25, 0.3) is 0 Å². The van der Waals surface area contributed by atoms with Crippen molar-refractivity contribution in [2.24, 2.45) is 0 Å². The minimum atomic E-state index is -0.0574. The van der Waals surface area contributed by atoms with Gasteiger partial charge in [0.15, 0.2) is 0 Å². The zero-order valence-corrected chi connectivity index (χ0v) is 11.9. The average molecular weight is 229 g/mol. The number of rotatable bonds is 10. The van der Waals surface area contributed by atoms with Crippen LogP contribution in [0.15, 0.2) is 0 Å². The Kier molecular flexibility index (Phi) is 8.96. The Bertz CT molecular complexity index is 157. The van der Waals surface area contributed by atoms with E-state index in [2.05, 4.69) is 26.1 Å². The second kappa shape index (κ2) is 9.00. The van der Waals surface area contributed by atoms with E-state index in [1.165, 1.54) is 44.9 Å². The fourth-order valence-corrected chi connectivity index (χ4v) is 2.11. The second-order valence-electron chi connectivity index (χ2n) is 5.21. The molecule has 2 heteroatoms. The third kappa shape index (κ3) is 6.49. The summed E-state index contributed by atoms with van der Waals surface area (Å²) in [5.41, 5.74) is -0.0574. The molecule has 0 aromatic rings. The predicted molar refractivity (Wildman–Crippen MR) is 71.9 cm³/mol. The number of nitrogens with one attached hydrogen (secondary N) is 1. The third-order valence-corrected chi connectivity index (χ3v) is 3.56. The van der Waals surface area contributed by atoms with E-state index in [1.807, 2.05) is 7.05 Å². The van der Waals surface area contributed by atoms with Crippen molar-refractivity contribution >= 4 is 0 Å². The maximum absolute atomic E-state index is 5.52. The fourth-order valence-electron chi connectivity index (χ4n) is 2.11. The molecule has 0 aromatic carbocycles. The van der Waals surface area contributed by atoms with Crippen molar-refractivity contribution in [2.75, 3.05) is 14.2 Å². The number of unbranched alkanes of at least 4 members (excludes halogenated alkanes) is 5. The van der Waals surface area contributed by atoms with Gasteiger partial charge in [-0.05, 0) is 27.3 Å². The molecule has 0 aliphatic carbocycles. The molecule has 1 atom stereocenters. The molecular weight excluding hydrogens is 198 g/mol. The van der Waals surface area contributed by atoms with Crippen LogP contribution < -0.4 is 5.32 Å². The molecule has 0 amide bonds. The SMILES string of the molecule is CCCCCCCCC(NC)C(C)(C)OC. The van der Waals surface area contributed by atoms with Crippen molar-refractivity contribution in [3.05, 3.63) is 0 Å². The first kappa shape index (κ1) is 15.9. The van der Waals surface area contributed by atoms with E-state index in [0.717, 1.165) is 0 Å². The Morgan fingerprint density at radius 2 is 1.62 bits per heavy atom. The van der Waals surface area contributed by atoms with Gasteiger partial charge in [-0.2, -0.15) is 0 Å². The lowest BCUT2D eigenvalue weighted by Crippen LogP contribution is -2.46. The minimum Gasteiger partial charge on any atom is -0.377 e. The first-order chi connectivity index (χ1) is 7.58. The monoisotopic (exact) mass is 229 g/mol. The van der Waals surface area contributed by atoms with Gasteiger partial charge < -0.3 is 10.1 Å². The minimum absolute atomic E-state index is 0.0574. The first-order valence-corrected chi connectivity index (χ1v) is 6.81. The van der Waals surface area contributed by atoms with Crippen molar-refractivity contribution < 1.29 is 4.74 Å². The Morgan fingerprint density at radius 3 is 2.12 bits per heavy atom. The van der Waals surface area contributed by atoms with Gasteiger partial charge >= 0.3 is 0 Å². The molecule has 98 valence electrons. The van der Waals surface area contributed by atoms with Crippen molar-refractivity contribution in [3.8, 4) is 0 Å². The highest BCUT2D eigenvalue weighted by molar-refractivity contribution is 4.84. The molecule has 0 aliphatic heterocycles. The molecule has 0 fully saturated rings. The van der Waals surface area contributed by atoms with Gasteiger partial charge in [0.25, 0.3) is 0 Å². The maximum Gasteiger partial charge on any atom is 0.0774 e. The smallest absolute Gasteiger partial charge is 0.0774 e. The van der Waals surface area contributed by atoms with Crippen LogP contribution in [0.2, 0.25) is 0 Å². The molecule has 16 heavy (non-hydrogen) atoms. The Balaban J connectivity index is 3.64. The number of methoxy groups -OCH3 is 1. The van der Waals surface area contributed by atoms with Gasteiger partial charge in [-0.3, -0.25) is 0 Å². The van der Waals surface area contributed by atoms with Crippen molar-refractivity contribution in [2.45, 2.75) is 77.4 Å². The molecule has 0 heterocycles. The average Bonchev–Trinajstić information content (AvgIpc) is 2.28. The molecule has 1 unspecified atom stereocenters. The lowest BCUT2D eigenvalue weighted by atomic mass is 9.93. The largest absolute Gasteiger partial charge is 0.377 e. The van der Waals surface area contributed by atoms with Gasteiger partial charge in [0.1, 0.15) is 0 Å². The van der Waals surface area contributed by atoms with Crippen molar-refractivity contribution in [3.63, 3.8) is 0 Å². The first-order valence-electron chi connectivity index (χ1n) is 6.81. The Morgan fingerprint density at radius 1 is 1.06 bits per heavy atom. The summed E-state index contributed by atoms with van der Waals surface area (Å²) in [7, 11) is 3.83. The van der Waals surface area contributed by atoms with Crippen LogP contribution in [-0.2, 0) is 4.74 Å². The second-order valence-corrected chi connectivity index (χ2v) is 5.21. The van der Waals surface area contributed by atoms with E-state index in [-0.39, 0.29) is 5.60 Å². The summed E-state index contributed by atoms with van der Waals surface area (Å²) in [4.78, 5) is 0. The summed E-state index contributed by atoms with van der Waals surface area (Å²) in [6, 6.07) is 0.462. The van der Waals surface area contributed by atoms with E-state index >= 15 is 0 Å². The lowest BCUT2D eigenvalue weighted by molar-refractivity contribution is -0.0110. The zero-order chi connectivity index (χ0) is 12.4. The molecule has 2 nitrogen and oxygen atoms in total. The molecular formula is C14H31NO. The molecule has 0 spiro atoms. The van der Waals surface area contributed by atoms with Crippen LogP contribution in [0.3, 0.4) is 0 Å². The Labute approximate surface area is 102 Å². The molecule has 0 bridgehead atoms. The summed E-state index contributed by atoms with van der Waals surface area (Å²) in [5, 5.41) is 3.37. The molecule has 0 saturated carbocycles. The molecule has 0 rings (SSSR count). The summed E-state index contributed by atoms with van der Waals surface area (Å²) in [5.74, 6) is 0. The highest BCUT2D eigenvalue weighted by Gasteiger charge is 2.26. The van der Waals surface area contributed by atoms with E-state index < -0.39 is 0 Å². The van der Waals surface area contributed by atoms with E-state index in [0.29, 0.717) is 6.04 Å². The maximum atomic E-state index is 5.52. The van der Waals surface area contributed by atoms with Crippen LogP contribution in [0.1, 0.15) is 65.7 Å². The molecule has 0 radical (unpaired) electrons. The predicted octanol–water partition coefficient (Wildman–Crippen LogP) is 3.75. The normalized spacial score (nSPS) is 14.1. The molecule has 1 N–H and O–H groups in total. The van der Waals surface area contributed by atoms with Crippen LogP contribution >= 0.6 is 0 Å².